The summed E-state index contributed by atoms with van der Waals surface area (Å²) >= 11 is 0. The van der Waals surface area contributed by atoms with E-state index in [9.17, 15) is 4.79 Å². The lowest BCUT2D eigenvalue weighted by molar-refractivity contribution is -0.132. The highest BCUT2D eigenvalue weighted by Gasteiger charge is 2.05. The number of methoxy groups -OCH3 is 1. The Morgan fingerprint density at radius 3 is 2.05 bits per heavy atom. The van der Waals surface area contributed by atoms with Crippen molar-refractivity contribution >= 4 is 12.0 Å². The van der Waals surface area contributed by atoms with Crippen molar-refractivity contribution in [3.63, 3.8) is 0 Å². The molecule has 0 aromatic heterocycles. The SMILES string of the molecule is COc1ccc(-c2ccc(/C=C(\C#N)C(=O)O)cc2)cc1. The molecule has 0 heterocycles. The predicted octanol–water partition coefficient (Wildman–Crippen LogP) is 3.35. The van der Waals surface area contributed by atoms with Gasteiger partial charge in [-0.3, -0.25) is 0 Å². The Morgan fingerprint density at radius 1 is 1.10 bits per heavy atom. The Labute approximate surface area is 122 Å². The van der Waals surface area contributed by atoms with Crippen LogP contribution in [0.3, 0.4) is 0 Å². The van der Waals surface area contributed by atoms with Crippen LogP contribution < -0.4 is 4.74 Å². The van der Waals surface area contributed by atoms with Gasteiger partial charge in [-0.25, -0.2) is 4.79 Å². The Morgan fingerprint density at radius 2 is 1.62 bits per heavy atom. The van der Waals surface area contributed by atoms with Gasteiger partial charge in [0.05, 0.1) is 7.11 Å². The van der Waals surface area contributed by atoms with Crippen molar-refractivity contribution in [3.05, 3.63) is 59.7 Å². The highest BCUT2D eigenvalue weighted by molar-refractivity contribution is 5.96. The van der Waals surface area contributed by atoms with Crippen LogP contribution in [0.15, 0.2) is 54.1 Å². The number of carboxylic acid groups (broad SMARTS) is 1. The lowest BCUT2D eigenvalue weighted by Crippen LogP contribution is -1.97. The zero-order chi connectivity index (χ0) is 15.2. The Kier molecular flexibility index (Phi) is 4.37. The minimum Gasteiger partial charge on any atom is -0.497 e. The quantitative estimate of drug-likeness (QED) is 0.688. The Balaban J connectivity index is 2.26. The van der Waals surface area contributed by atoms with E-state index in [4.69, 9.17) is 15.1 Å². The molecule has 1 N–H and O–H groups in total. The van der Waals surface area contributed by atoms with Crippen molar-refractivity contribution in [2.24, 2.45) is 0 Å². The summed E-state index contributed by atoms with van der Waals surface area (Å²) in [5, 5.41) is 17.5. The van der Waals surface area contributed by atoms with Crippen molar-refractivity contribution < 1.29 is 14.6 Å². The van der Waals surface area contributed by atoms with Gasteiger partial charge in [0.15, 0.2) is 0 Å². The molecule has 21 heavy (non-hydrogen) atoms. The van der Waals surface area contributed by atoms with Gasteiger partial charge in [-0.05, 0) is 34.9 Å². The first-order chi connectivity index (χ1) is 10.1. The number of ether oxygens (including phenoxy) is 1. The lowest BCUT2D eigenvalue weighted by atomic mass is 10.0. The molecule has 0 aliphatic heterocycles. The molecular weight excluding hydrogens is 266 g/mol. The first-order valence-corrected chi connectivity index (χ1v) is 6.23. The van der Waals surface area contributed by atoms with E-state index in [1.165, 1.54) is 6.08 Å². The topological polar surface area (TPSA) is 70.3 Å². The molecule has 0 aliphatic carbocycles. The van der Waals surface area contributed by atoms with Crippen molar-refractivity contribution in [1.29, 1.82) is 5.26 Å². The molecule has 0 radical (unpaired) electrons. The van der Waals surface area contributed by atoms with E-state index in [1.807, 2.05) is 36.4 Å². The van der Waals surface area contributed by atoms with Gasteiger partial charge in [-0.2, -0.15) is 5.26 Å². The molecule has 4 nitrogen and oxygen atoms in total. The highest BCUT2D eigenvalue weighted by atomic mass is 16.5. The number of nitriles is 1. The van der Waals surface area contributed by atoms with Crippen LogP contribution in [0, 0.1) is 11.3 Å². The maximum Gasteiger partial charge on any atom is 0.346 e. The van der Waals surface area contributed by atoms with Gasteiger partial charge in [0.25, 0.3) is 0 Å². The maximum absolute atomic E-state index is 10.8. The third kappa shape index (κ3) is 3.48. The van der Waals surface area contributed by atoms with Crippen molar-refractivity contribution in [2.75, 3.05) is 7.11 Å². The van der Waals surface area contributed by atoms with Crippen LogP contribution in [0.4, 0.5) is 0 Å². The second kappa shape index (κ2) is 6.40. The van der Waals surface area contributed by atoms with Crippen LogP contribution >= 0.6 is 0 Å². The van der Waals surface area contributed by atoms with Crippen LogP contribution in [-0.2, 0) is 4.79 Å². The van der Waals surface area contributed by atoms with Crippen molar-refractivity contribution in [2.45, 2.75) is 0 Å². The van der Waals surface area contributed by atoms with E-state index in [2.05, 4.69) is 0 Å². The average Bonchev–Trinajstić information content (AvgIpc) is 2.53. The molecule has 0 aliphatic rings. The molecule has 0 bridgehead atoms. The second-order valence-electron chi connectivity index (χ2n) is 4.33. The second-order valence-corrected chi connectivity index (χ2v) is 4.33. The molecule has 0 saturated carbocycles. The fraction of sp³-hybridized carbons (Fsp3) is 0.0588. The smallest absolute Gasteiger partial charge is 0.346 e. The zero-order valence-corrected chi connectivity index (χ0v) is 11.4. The number of hydrogen-bond acceptors (Lipinski definition) is 3. The van der Waals surface area contributed by atoms with E-state index in [0.717, 1.165) is 16.9 Å². The van der Waals surface area contributed by atoms with Gasteiger partial charge in [-0.1, -0.05) is 36.4 Å². The molecule has 4 heteroatoms. The molecule has 2 rings (SSSR count). The Bertz CT molecular complexity index is 707. The fourth-order valence-corrected chi connectivity index (χ4v) is 1.86. The summed E-state index contributed by atoms with van der Waals surface area (Å²) in [6, 6.07) is 16.6. The van der Waals surface area contributed by atoms with Crippen LogP contribution in [0.1, 0.15) is 5.56 Å². The van der Waals surface area contributed by atoms with Crippen LogP contribution in [0.2, 0.25) is 0 Å². The van der Waals surface area contributed by atoms with Gasteiger partial charge in [0, 0.05) is 0 Å². The molecule has 0 amide bonds. The van der Waals surface area contributed by atoms with Gasteiger partial charge in [0.1, 0.15) is 17.4 Å². The van der Waals surface area contributed by atoms with E-state index < -0.39 is 5.97 Å². The molecule has 0 unspecified atom stereocenters. The molecule has 2 aromatic rings. The predicted molar refractivity (Wildman–Crippen MR) is 79.7 cm³/mol. The van der Waals surface area contributed by atoms with Crippen LogP contribution in [-0.4, -0.2) is 18.2 Å². The number of carboxylic acids is 1. The minimum atomic E-state index is -1.23. The summed E-state index contributed by atoms with van der Waals surface area (Å²) in [7, 11) is 1.62. The van der Waals surface area contributed by atoms with Gasteiger partial charge in [-0.15, -0.1) is 0 Å². The van der Waals surface area contributed by atoms with Crippen molar-refractivity contribution in [1.82, 2.24) is 0 Å². The number of nitrogens with zero attached hydrogens (tertiary/aromatic N) is 1. The summed E-state index contributed by atoms with van der Waals surface area (Å²) in [4.78, 5) is 10.8. The van der Waals surface area contributed by atoms with E-state index >= 15 is 0 Å². The third-order valence-corrected chi connectivity index (χ3v) is 3.00. The third-order valence-electron chi connectivity index (χ3n) is 3.00. The van der Waals surface area contributed by atoms with Crippen molar-refractivity contribution in [3.8, 4) is 22.9 Å². The maximum atomic E-state index is 10.8. The zero-order valence-electron chi connectivity index (χ0n) is 11.4. The summed E-state index contributed by atoms with van der Waals surface area (Å²) in [6.07, 6.45) is 1.35. The number of benzene rings is 2. The van der Waals surface area contributed by atoms with E-state index in [1.54, 1.807) is 25.3 Å². The first-order valence-electron chi connectivity index (χ1n) is 6.23. The Hall–Kier alpha value is -3.06. The number of aliphatic carboxylic acids is 1. The highest BCUT2D eigenvalue weighted by Crippen LogP contribution is 2.23. The number of rotatable bonds is 4. The monoisotopic (exact) mass is 279 g/mol. The minimum absolute atomic E-state index is 0.285. The summed E-state index contributed by atoms with van der Waals surface area (Å²) in [5.74, 6) is -0.435. The summed E-state index contributed by atoms with van der Waals surface area (Å²) < 4.78 is 5.11. The van der Waals surface area contributed by atoms with E-state index in [-0.39, 0.29) is 5.57 Å². The summed E-state index contributed by atoms with van der Waals surface area (Å²) in [5.41, 5.74) is 2.42. The molecule has 0 spiro atoms. The van der Waals surface area contributed by atoms with E-state index in [0.29, 0.717) is 5.56 Å². The van der Waals surface area contributed by atoms with Gasteiger partial charge < -0.3 is 9.84 Å². The molecule has 104 valence electrons. The molecular formula is C17H13NO3. The van der Waals surface area contributed by atoms with Crippen LogP contribution in [0.5, 0.6) is 5.75 Å². The molecule has 0 atom stereocenters. The largest absolute Gasteiger partial charge is 0.497 e. The lowest BCUT2D eigenvalue weighted by Gasteiger charge is -2.04. The average molecular weight is 279 g/mol. The standard InChI is InChI=1S/C17H13NO3/c1-21-16-8-6-14(7-9-16)13-4-2-12(3-5-13)10-15(11-18)17(19)20/h2-10H,1H3,(H,19,20)/b15-10+. The molecule has 2 aromatic carbocycles. The van der Waals surface area contributed by atoms with Gasteiger partial charge in [0.2, 0.25) is 0 Å². The normalized spacial score (nSPS) is 10.8. The molecule has 0 saturated heterocycles. The van der Waals surface area contributed by atoms with Gasteiger partial charge >= 0.3 is 5.97 Å². The fourth-order valence-electron chi connectivity index (χ4n) is 1.86. The molecule has 0 fully saturated rings. The number of hydrogen-bond donors (Lipinski definition) is 1. The van der Waals surface area contributed by atoms with Crippen LogP contribution in [0.25, 0.3) is 17.2 Å². The number of carbonyl (C=O) groups is 1. The first kappa shape index (κ1) is 14.4. The summed E-state index contributed by atoms with van der Waals surface area (Å²) in [6.45, 7) is 0.